The molecule has 0 spiro atoms. The molecule has 2 aromatic heterocycles. The SMILES string of the molecule is Cn1ccc2[nH]c(=O)n(CC(S)CS)c(=O)c21. The van der Waals surface area contributed by atoms with Crippen LogP contribution in [0.3, 0.4) is 0 Å². The molecular formula is C10H13N3O2S2. The molecular weight excluding hydrogens is 258 g/mol. The first-order valence-corrected chi connectivity index (χ1v) is 6.26. The zero-order valence-electron chi connectivity index (χ0n) is 9.25. The van der Waals surface area contributed by atoms with E-state index in [1.165, 1.54) is 0 Å². The molecule has 1 atom stereocenters. The van der Waals surface area contributed by atoms with Crippen molar-refractivity contribution in [1.29, 1.82) is 0 Å². The fourth-order valence-corrected chi connectivity index (χ4v) is 2.01. The number of rotatable bonds is 3. The third-order valence-corrected chi connectivity index (χ3v) is 3.69. The Bertz CT molecular complexity index is 656. The molecule has 2 aromatic rings. The standard InChI is InChI=1S/C10H13N3O2S2/c1-12-3-2-7-8(12)9(14)13(10(15)11-7)4-6(17)5-16/h2-3,6,16-17H,4-5H2,1H3,(H,11,15). The smallest absolute Gasteiger partial charge is 0.328 e. The minimum absolute atomic E-state index is 0.130. The van der Waals surface area contributed by atoms with Gasteiger partial charge in [-0.05, 0) is 6.07 Å². The second-order valence-corrected chi connectivity index (χ2v) is 4.97. The van der Waals surface area contributed by atoms with Crippen LogP contribution >= 0.6 is 25.3 Å². The first-order chi connectivity index (χ1) is 8.04. The average molecular weight is 271 g/mol. The molecule has 17 heavy (non-hydrogen) atoms. The number of aryl methyl sites for hydroxylation is 1. The van der Waals surface area contributed by atoms with Gasteiger partial charge in [0.2, 0.25) is 0 Å². The Labute approximate surface area is 108 Å². The summed E-state index contributed by atoms with van der Waals surface area (Å²) in [7, 11) is 1.77. The molecule has 0 aromatic carbocycles. The van der Waals surface area contributed by atoms with Crippen LogP contribution < -0.4 is 11.2 Å². The van der Waals surface area contributed by atoms with Crippen LogP contribution in [0, 0.1) is 0 Å². The van der Waals surface area contributed by atoms with Crippen LogP contribution in [0.4, 0.5) is 0 Å². The number of aromatic amines is 1. The molecule has 92 valence electrons. The highest BCUT2D eigenvalue weighted by atomic mass is 32.1. The monoisotopic (exact) mass is 271 g/mol. The first kappa shape index (κ1) is 12.4. The Kier molecular flexibility index (Phi) is 3.39. The maximum absolute atomic E-state index is 12.1. The van der Waals surface area contributed by atoms with Crippen molar-refractivity contribution in [1.82, 2.24) is 14.1 Å². The molecule has 0 aliphatic carbocycles. The minimum Gasteiger partial charge on any atom is -0.345 e. The van der Waals surface area contributed by atoms with Crippen LogP contribution in [-0.4, -0.2) is 25.1 Å². The maximum atomic E-state index is 12.1. The summed E-state index contributed by atoms with van der Waals surface area (Å²) in [5.74, 6) is 0.500. The van der Waals surface area contributed by atoms with Gasteiger partial charge in [-0.1, -0.05) is 0 Å². The maximum Gasteiger partial charge on any atom is 0.328 e. The van der Waals surface area contributed by atoms with Crippen LogP contribution in [0.2, 0.25) is 0 Å². The highest BCUT2D eigenvalue weighted by Crippen LogP contribution is 2.05. The van der Waals surface area contributed by atoms with E-state index >= 15 is 0 Å². The third kappa shape index (κ3) is 2.16. The van der Waals surface area contributed by atoms with Gasteiger partial charge in [-0.3, -0.25) is 9.36 Å². The molecule has 0 saturated heterocycles. The summed E-state index contributed by atoms with van der Waals surface area (Å²) in [6.07, 6.45) is 1.74. The molecule has 0 saturated carbocycles. The summed E-state index contributed by atoms with van der Waals surface area (Å²) in [4.78, 5) is 26.6. The van der Waals surface area contributed by atoms with Gasteiger partial charge >= 0.3 is 5.69 Å². The van der Waals surface area contributed by atoms with Crippen molar-refractivity contribution in [3.05, 3.63) is 33.1 Å². The molecule has 2 heterocycles. The lowest BCUT2D eigenvalue weighted by atomic mass is 10.4. The predicted octanol–water partition coefficient (Wildman–Crippen LogP) is 0.256. The number of thiol groups is 2. The summed E-state index contributed by atoms with van der Waals surface area (Å²) in [6.45, 7) is 0.252. The number of fused-ring (bicyclic) bond motifs is 1. The van der Waals surface area contributed by atoms with Gasteiger partial charge in [-0.15, -0.1) is 0 Å². The van der Waals surface area contributed by atoms with Crippen molar-refractivity contribution in [2.75, 3.05) is 5.75 Å². The van der Waals surface area contributed by atoms with Gasteiger partial charge < -0.3 is 9.55 Å². The zero-order chi connectivity index (χ0) is 12.6. The lowest BCUT2D eigenvalue weighted by Crippen LogP contribution is -2.38. The Morgan fingerprint density at radius 1 is 1.47 bits per heavy atom. The quantitative estimate of drug-likeness (QED) is 0.701. The Hall–Kier alpha value is -1.08. The molecule has 0 aliphatic heterocycles. The number of aromatic nitrogens is 3. The van der Waals surface area contributed by atoms with E-state index in [0.29, 0.717) is 16.8 Å². The Morgan fingerprint density at radius 3 is 2.82 bits per heavy atom. The van der Waals surface area contributed by atoms with Crippen LogP contribution in [0.1, 0.15) is 0 Å². The highest BCUT2D eigenvalue weighted by molar-refractivity contribution is 7.84. The summed E-state index contributed by atoms with van der Waals surface area (Å²) < 4.78 is 2.86. The average Bonchev–Trinajstić information content (AvgIpc) is 2.65. The van der Waals surface area contributed by atoms with Crippen molar-refractivity contribution < 1.29 is 0 Å². The Morgan fingerprint density at radius 2 is 2.18 bits per heavy atom. The van der Waals surface area contributed by atoms with E-state index in [4.69, 9.17) is 0 Å². The van der Waals surface area contributed by atoms with Crippen LogP contribution in [-0.2, 0) is 13.6 Å². The Balaban J connectivity index is 2.67. The molecule has 0 aliphatic rings. The van der Waals surface area contributed by atoms with Gasteiger partial charge in [-0.25, -0.2) is 4.79 Å². The molecule has 5 nitrogen and oxygen atoms in total. The first-order valence-electron chi connectivity index (χ1n) is 5.11. The van der Waals surface area contributed by atoms with Gasteiger partial charge in [0.15, 0.2) is 0 Å². The van der Waals surface area contributed by atoms with Crippen molar-refractivity contribution in [3.8, 4) is 0 Å². The number of nitrogens with one attached hydrogen (secondary N) is 1. The normalized spacial score (nSPS) is 13.1. The fourth-order valence-electron chi connectivity index (χ4n) is 1.73. The molecule has 1 unspecified atom stereocenters. The van der Waals surface area contributed by atoms with Crippen molar-refractivity contribution in [3.63, 3.8) is 0 Å². The summed E-state index contributed by atoms with van der Waals surface area (Å²) in [5.41, 5.74) is 0.344. The van der Waals surface area contributed by atoms with Gasteiger partial charge in [-0.2, -0.15) is 25.3 Å². The topological polar surface area (TPSA) is 59.8 Å². The number of H-pyrrole nitrogens is 1. The minimum atomic E-state index is -0.408. The van der Waals surface area contributed by atoms with Crippen molar-refractivity contribution in [2.45, 2.75) is 11.8 Å². The van der Waals surface area contributed by atoms with Crippen molar-refractivity contribution >= 4 is 36.3 Å². The molecule has 0 fully saturated rings. The van der Waals surface area contributed by atoms with E-state index in [-0.39, 0.29) is 17.4 Å². The van der Waals surface area contributed by atoms with Crippen LogP contribution in [0.15, 0.2) is 21.9 Å². The fraction of sp³-hybridized carbons (Fsp3) is 0.400. The molecule has 1 N–H and O–H groups in total. The summed E-state index contributed by atoms with van der Waals surface area (Å²) in [5, 5.41) is -0.130. The van der Waals surface area contributed by atoms with E-state index in [1.54, 1.807) is 23.9 Å². The largest absolute Gasteiger partial charge is 0.345 e. The third-order valence-electron chi connectivity index (χ3n) is 2.61. The van der Waals surface area contributed by atoms with Gasteiger partial charge in [0.25, 0.3) is 5.56 Å². The number of hydrogen-bond donors (Lipinski definition) is 3. The van der Waals surface area contributed by atoms with Crippen LogP contribution in [0.25, 0.3) is 11.0 Å². The molecule has 0 amide bonds. The van der Waals surface area contributed by atoms with E-state index in [0.717, 1.165) is 4.57 Å². The molecule has 2 rings (SSSR count). The molecule has 7 heteroatoms. The number of nitrogens with zero attached hydrogens (tertiary/aromatic N) is 2. The van der Waals surface area contributed by atoms with E-state index in [2.05, 4.69) is 30.2 Å². The van der Waals surface area contributed by atoms with E-state index in [9.17, 15) is 9.59 Å². The lowest BCUT2D eigenvalue weighted by Gasteiger charge is -2.09. The summed E-state index contributed by atoms with van der Waals surface area (Å²) in [6, 6.07) is 1.71. The molecule has 0 bridgehead atoms. The summed E-state index contributed by atoms with van der Waals surface area (Å²) >= 11 is 8.33. The van der Waals surface area contributed by atoms with Crippen LogP contribution in [0.5, 0.6) is 0 Å². The highest BCUT2D eigenvalue weighted by Gasteiger charge is 2.12. The van der Waals surface area contributed by atoms with Gasteiger partial charge in [0.05, 0.1) is 5.52 Å². The second kappa shape index (κ2) is 4.66. The molecule has 0 radical (unpaired) electrons. The van der Waals surface area contributed by atoms with Gasteiger partial charge in [0.1, 0.15) is 5.52 Å². The predicted molar refractivity (Wildman–Crippen MR) is 74.4 cm³/mol. The van der Waals surface area contributed by atoms with E-state index in [1.807, 2.05) is 0 Å². The van der Waals surface area contributed by atoms with Gasteiger partial charge in [0, 0.05) is 30.8 Å². The number of hydrogen-bond acceptors (Lipinski definition) is 4. The lowest BCUT2D eigenvalue weighted by molar-refractivity contribution is 0.636. The van der Waals surface area contributed by atoms with Crippen molar-refractivity contribution in [2.24, 2.45) is 7.05 Å². The second-order valence-electron chi connectivity index (χ2n) is 3.87. The zero-order valence-corrected chi connectivity index (χ0v) is 11.0. The van der Waals surface area contributed by atoms with E-state index < -0.39 is 5.69 Å².